The van der Waals surface area contributed by atoms with Gasteiger partial charge < -0.3 is 0 Å². The summed E-state index contributed by atoms with van der Waals surface area (Å²) in [6.07, 6.45) is 0. The Kier molecular flexibility index (Phi) is 28.8. The molecule has 0 heterocycles. The molecule has 26 heteroatoms. The fourth-order valence-corrected chi connectivity index (χ4v) is 329. The van der Waals surface area contributed by atoms with Gasteiger partial charge in [0.25, 0.3) is 0 Å². The van der Waals surface area contributed by atoms with Crippen molar-refractivity contribution < 1.29 is 0 Å². The highest BCUT2D eigenvalue weighted by molar-refractivity contribution is 9.41. The van der Waals surface area contributed by atoms with E-state index in [4.69, 9.17) is 0 Å². The van der Waals surface area contributed by atoms with Crippen LogP contribution in [0, 0.1) is 0 Å². The minimum Gasteiger partial charge on any atom is -0.102 e. The van der Waals surface area contributed by atoms with Crippen molar-refractivity contribution >= 4 is 209 Å². The first kappa shape index (κ1) is 37.2. The third kappa shape index (κ3) is 13.5. The molecule has 0 nitrogen and oxygen atoms in total. The topological polar surface area (TPSA) is 0 Å². The Morgan fingerprint density at radius 2 is 0.538 bits per heavy atom. The van der Waals surface area contributed by atoms with E-state index in [1.807, 2.05) is 0 Å². The molecule has 0 aromatic rings. The van der Waals surface area contributed by atoms with E-state index in [1.54, 1.807) is 0 Å². The molecule has 156 valence electrons. The van der Waals surface area contributed by atoms with Crippen LogP contribution < -0.4 is 0 Å². The van der Waals surface area contributed by atoms with E-state index in [9.17, 15) is 0 Å². The first-order chi connectivity index (χ1) is 11.7. The zero-order valence-electron chi connectivity index (χ0n) is 13.3. The van der Waals surface area contributed by atoms with Crippen molar-refractivity contribution in [1.82, 2.24) is 0 Å². The Bertz CT molecular complexity index is 314. The molecule has 0 saturated heterocycles. The minimum absolute atomic E-state index is 0.0209. The van der Waals surface area contributed by atoms with Crippen LogP contribution in [0.2, 0.25) is 0 Å². The summed E-state index contributed by atoms with van der Waals surface area (Å²) in [5, 5.41) is 0. The van der Waals surface area contributed by atoms with Gasteiger partial charge in [0.2, 0.25) is 0 Å². The molecule has 0 aliphatic heterocycles. The first-order valence-electron chi connectivity index (χ1n) is 5.75. The maximum Gasteiger partial charge on any atom is -0.000424 e. The molecule has 0 N–H and O–H groups in total. The summed E-state index contributed by atoms with van der Waals surface area (Å²) in [5.74, 6) is 0. The Hall–Kier alpha value is 11.2. The smallest absolute Gasteiger partial charge is 0.000424 e. The standard InChI is InChI=1S/H26P26/c1-15(2)22(16(3)4)25(21(13)14)26(23(17(5)6)18(7)8)24(19(9)10)20(11)12/h1-2H,3-14H2. The number of hydrogen-bond acceptors (Lipinski definition) is 0. The summed E-state index contributed by atoms with van der Waals surface area (Å²) in [5.41, 5.74) is 0. The van der Waals surface area contributed by atoms with Crippen LogP contribution in [0.25, 0.3) is 0 Å². The molecule has 0 aromatic heterocycles. The van der Waals surface area contributed by atoms with E-state index in [0.717, 1.165) is 0 Å². The third-order valence-electron chi connectivity index (χ3n) is 2.06. The van der Waals surface area contributed by atoms with Crippen LogP contribution >= 0.6 is 209 Å². The predicted octanol–water partition coefficient (Wildman–Crippen LogP) is 15.4. The zero-order valence-corrected chi connectivity index (χ0v) is 39.9. The van der Waals surface area contributed by atoms with E-state index in [1.165, 1.54) is 0 Å². The lowest BCUT2D eigenvalue weighted by molar-refractivity contribution is 4.44. The minimum atomic E-state index is -0.242. The van der Waals surface area contributed by atoms with Crippen LogP contribution in [0.15, 0.2) is 0 Å². The summed E-state index contributed by atoms with van der Waals surface area (Å²) in [6.45, 7) is -0.419. The number of hydrogen-bond donors (Lipinski definition) is 0. The van der Waals surface area contributed by atoms with Crippen molar-refractivity contribution in [2.75, 3.05) is 0 Å². The molecular formula is H26P26. The van der Waals surface area contributed by atoms with Crippen molar-refractivity contribution in [2.45, 2.75) is 0 Å². The van der Waals surface area contributed by atoms with E-state index >= 15 is 0 Å². The van der Waals surface area contributed by atoms with E-state index in [0.29, 0.717) is 0 Å². The normalized spacial score (nSPS) is 15.1. The molecule has 0 amide bonds. The molecule has 0 aromatic carbocycles. The quantitative estimate of drug-likeness (QED) is 0.182. The second-order valence-electron chi connectivity index (χ2n) is 3.93. The lowest BCUT2D eigenvalue weighted by Gasteiger charge is -2.50. The summed E-state index contributed by atoms with van der Waals surface area (Å²) in [7, 11) is 46.9. The van der Waals surface area contributed by atoms with Crippen molar-refractivity contribution in [3.05, 3.63) is 0 Å². The van der Waals surface area contributed by atoms with Gasteiger partial charge in [-0.05, 0) is 83.8 Å². The van der Waals surface area contributed by atoms with Crippen LogP contribution in [0.4, 0.5) is 0 Å². The van der Waals surface area contributed by atoms with Crippen LogP contribution in [0.3, 0.4) is 0 Å². The molecule has 0 aliphatic carbocycles. The average Bonchev–Trinajstić information content (AvgIpc) is 2.40. The fraction of sp³-hybridized carbons (Fsp3) is 0. The molecule has 14 atom stereocenters. The van der Waals surface area contributed by atoms with Gasteiger partial charge in [-0.15, -0.1) is 107 Å². The maximum absolute atomic E-state index is 4.09. The largest absolute Gasteiger partial charge is 0.102 e. The van der Waals surface area contributed by atoms with Gasteiger partial charge in [0, 0.05) is 0 Å². The van der Waals surface area contributed by atoms with Gasteiger partial charge in [0.15, 0.2) is 0 Å². The van der Waals surface area contributed by atoms with E-state index < -0.39 is 0 Å². The van der Waals surface area contributed by atoms with Crippen molar-refractivity contribution in [3.8, 4) is 0 Å². The van der Waals surface area contributed by atoms with Gasteiger partial charge in [0.05, 0.1) is 0 Å². The summed E-state index contributed by atoms with van der Waals surface area (Å²) in [6, 6.07) is 0. The van der Waals surface area contributed by atoms with Gasteiger partial charge in [-0.3, -0.25) is 0 Å². The number of rotatable bonds is 11. The van der Waals surface area contributed by atoms with Gasteiger partial charge in [-0.1, -0.05) is 17.9 Å². The van der Waals surface area contributed by atoms with Crippen LogP contribution in [0.1, 0.15) is 0 Å². The Morgan fingerprint density at radius 1 is 0.308 bits per heavy atom. The fourth-order valence-electron chi connectivity index (χ4n) is 1.35. The summed E-state index contributed by atoms with van der Waals surface area (Å²) < 4.78 is 0. The molecule has 0 saturated carbocycles. The second-order valence-corrected chi connectivity index (χ2v) is 106. The molecule has 0 aliphatic rings. The first-order valence-corrected chi connectivity index (χ1v) is 51.7. The lowest BCUT2D eigenvalue weighted by atomic mass is 28.5. The molecule has 2 radical (unpaired) electrons. The molecular weight excluding hydrogens is 805 g/mol. The molecule has 14 unspecified atom stereocenters. The Morgan fingerprint density at radius 3 is 0.692 bits per heavy atom. The lowest BCUT2D eigenvalue weighted by Crippen LogP contribution is -1.61. The third-order valence-corrected chi connectivity index (χ3v) is 167. The second kappa shape index (κ2) is 20.1. The summed E-state index contributed by atoms with van der Waals surface area (Å²) >= 11 is 0. The van der Waals surface area contributed by atoms with Crippen LogP contribution in [-0.4, -0.2) is 0 Å². The van der Waals surface area contributed by atoms with E-state index in [-0.39, 0.29) is 83.8 Å². The monoisotopic (exact) mass is 832 g/mol. The SMILES string of the molecule is [PH]P([PH])P(P(P)P)P(P(P)P)P(P(P(P)P)P(P)P)P(P(P)P)P(P)P. The molecule has 0 bridgehead atoms. The maximum atomic E-state index is 4.09. The highest BCUT2D eigenvalue weighted by Gasteiger charge is 2.47. The zero-order chi connectivity index (χ0) is 20.9. The summed E-state index contributed by atoms with van der Waals surface area (Å²) in [4.78, 5) is 0. The Balaban J connectivity index is 6.53. The Labute approximate surface area is 206 Å². The van der Waals surface area contributed by atoms with E-state index in [2.05, 4.69) is 125 Å². The average molecular weight is 832 g/mol. The predicted molar refractivity (Wildman–Crippen MR) is 216 cm³/mol. The van der Waals surface area contributed by atoms with Gasteiger partial charge in [-0.2, -0.15) is 0 Å². The van der Waals surface area contributed by atoms with Crippen molar-refractivity contribution in [3.63, 3.8) is 0 Å². The van der Waals surface area contributed by atoms with Crippen LogP contribution in [-0.2, 0) is 0 Å². The highest BCUT2D eigenvalue weighted by Crippen LogP contribution is 3.35. The molecule has 0 rings (SSSR count). The van der Waals surface area contributed by atoms with Gasteiger partial charge in [-0.25, -0.2) is 0 Å². The molecule has 0 spiro atoms. The molecule has 26 heavy (non-hydrogen) atoms. The van der Waals surface area contributed by atoms with Crippen molar-refractivity contribution in [2.24, 2.45) is 0 Å². The van der Waals surface area contributed by atoms with Crippen LogP contribution in [0.5, 0.6) is 0 Å². The highest BCUT2D eigenvalue weighted by atomic mass is 33.5. The van der Waals surface area contributed by atoms with Gasteiger partial charge >= 0.3 is 0 Å². The molecule has 0 fully saturated rings. The van der Waals surface area contributed by atoms with Gasteiger partial charge in [0.1, 0.15) is 0 Å². The van der Waals surface area contributed by atoms with Crippen molar-refractivity contribution in [1.29, 1.82) is 0 Å².